The second-order valence-corrected chi connectivity index (χ2v) is 7.40. The van der Waals surface area contributed by atoms with E-state index in [9.17, 15) is 5.11 Å². The molecule has 1 atom stereocenters. The van der Waals surface area contributed by atoms with Gasteiger partial charge in [-0.1, -0.05) is 31.4 Å². The van der Waals surface area contributed by atoms with Gasteiger partial charge < -0.3 is 14.7 Å². The van der Waals surface area contributed by atoms with Gasteiger partial charge in [0.1, 0.15) is 5.75 Å². The molecule has 0 bridgehead atoms. The number of rotatable bonds is 6. The first-order valence-corrected chi connectivity index (χ1v) is 9.51. The van der Waals surface area contributed by atoms with Gasteiger partial charge in [0.2, 0.25) is 0 Å². The molecule has 0 radical (unpaired) electrons. The number of hydrogen-bond donors (Lipinski definition) is 1. The number of β-amino-alcohol motifs (C(OH)–C–C–N with tert-alkyl or cyclic N) is 1. The van der Waals surface area contributed by atoms with Crippen LogP contribution in [0.4, 0.5) is 0 Å². The molecule has 134 valence electrons. The van der Waals surface area contributed by atoms with Crippen LogP contribution in [0.5, 0.6) is 5.75 Å². The molecule has 2 aliphatic rings. The Bertz CT molecular complexity index is 494. The maximum absolute atomic E-state index is 10.5. The molecule has 1 aromatic carbocycles. The van der Waals surface area contributed by atoms with Crippen molar-refractivity contribution in [1.82, 2.24) is 9.80 Å². The first-order chi connectivity index (χ1) is 11.7. The summed E-state index contributed by atoms with van der Waals surface area (Å²) in [7, 11) is 1.66. The number of nitrogens with zero attached hydrogens (tertiary/aromatic N) is 2. The van der Waals surface area contributed by atoms with Gasteiger partial charge in [-0.15, -0.1) is 0 Å². The second kappa shape index (κ2) is 8.84. The number of ether oxygens (including phenoxy) is 1. The Morgan fingerprint density at radius 1 is 1.08 bits per heavy atom. The van der Waals surface area contributed by atoms with Gasteiger partial charge in [-0.05, 0) is 36.5 Å². The predicted octanol–water partition coefficient (Wildman–Crippen LogP) is 2.93. The quantitative estimate of drug-likeness (QED) is 0.869. The van der Waals surface area contributed by atoms with Crippen LogP contribution in [0.1, 0.15) is 43.8 Å². The summed E-state index contributed by atoms with van der Waals surface area (Å²) in [5.41, 5.74) is 0.944. The molecule has 1 saturated carbocycles. The molecule has 2 fully saturated rings. The molecule has 1 aromatic rings. The van der Waals surface area contributed by atoms with Crippen LogP contribution < -0.4 is 4.74 Å². The maximum atomic E-state index is 10.5. The van der Waals surface area contributed by atoms with Crippen molar-refractivity contribution < 1.29 is 9.84 Å². The number of benzene rings is 1. The van der Waals surface area contributed by atoms with Crippen LogP contribution in [0.15, 0.2) is 24.3 Å². The van der Waals surface area contributed by atoms with Crippen molar-refractivity contribution in [2.24, 2.45) is 5.92 Å². The van der Waals surface area contributed by atoms with E-state index in [0.29, 0.717) is 6.54 Å². The van der Waals surface area contributed by atoms with Crippen LogP contribution in [0.25, 0.3) is 0 Å². The molecule has 1 unspecified atom stereocenters. The van der Waals surface area contributed by atoms with Gasteiger partial charge in [0.25, 0.3) is 0 Å². The normalized spacial score (nSPS) is 22.4. The van der Waals surface area contributed by atoms with E-state index in [2.05, 4.69) is 9.80 Å². The lowest BCUT2D eigenvalue weighted by Gasteiger charge is -2.38. The summed E-state index contributed by atoms with van der Waals surface area (Å²) in [6.07, 6.45) is 6.70. The van der Waals surface area contributed by atoms with Crippen LogP contribution >= 0.6 is 0 Å². The van der Waals surface area contributed by atoms with E-state index < -0.39 is 6.10 Å². The van der Waals surface area contributed by atoms with Crippen LogP contribution in [-0.4, -0.2) is 61.3 Å². The van der Waals surface area contributed by atoms with E-state index in [-0.39, 0.29) is 0 Å². The minimum atomic E-state index is -0.440. The SMILES string of the molecule is COc1cccc(C(O)CN2CCN(CC3CCCCC3)CC2)c1. The summed E-state index contributed by atoms with van der Waals surface area (Å²) >= 11 is 0. The highest BCUT2D eigenvalue weighted by Crippen LogP contribution is 2.25. The molecular weight excluding hydrogens is 300 g/mol. The smallest absolute Gasteiger partial charge is 0.119 e. The molecule has 1 aliphatic heterocycles. The van der Waals surface area contributed by atoms with E-state index in [1.165, 1.54) is 38.6 Å². The first kappa shape index (κ1) is 17.7. The Kier molecular flexibility index (Phi) is 6.52. The summed E-state index contributed by atoms with van der Waals surface area (Å²) in [5.74, 6) is 1.73. The molecule has 4 heteroatoms. The fourth-order valence-corrected chi connectivity index (χ4v) is 4.09. The van der Waals surface area contributed by atoms with Crippen molar-refractivity contribution in [3.63, 3.8) is 0 Å². The largest absolute Gasteiger partial charge is 0.497 e. The zero-order valence-corrected chi connectivity index (χ0v) is 15.0. The Balaban J connectivity index is 1.42. The molecule has 24 heavy (non-hydrogen) atoms. The van der Waals surface area contributed by atoms with Crippen LogP contribution in [-0.2, 0) is 0 Å². The van der Waals surface area contributed by atoms with Gasteiger partial charge in [-0.3, -0.25) is 4.90 Å². The molecule has 0 aromatic heterocycles. The summed E-state index contributed by atoms with van der Waals surface area (Å²) < 4.78 is 5.25. The van der Waals surface area contributed by atoms with Crippen molar-refractivity contribution in [1.29, 1.82) is 0 Å². The van der Waals surface area contributed by atoms with Gasteiger partial charge in [0.05, 0.1) is 13.2 Å². The minimum Gasteiger partial charge on any atom is -0.497 e. The van der Waals surface area contributed by atoms with Crippen molar-refractivity contribution in [3.8, 4) is 5.75 Å². The zero-order valence-electron chi connectivity index (χ0n) is 15.0. The minimum absolute atomic E-state index is 0.440. The van der Waals surface area contributed by atoms with Gasteiger partial charge in [0.15, 0.2) is 0 Å². The summed E-state index contributed by atoms with van der Waals surface area (Å²) in [5, 5.41) is 10.5. The van der Waals surface area contributed by atoms with Crippen LogP contribution in [0, 0.1) is 5.92 Å². The number of aliphatic hydroxyl groups excluding tert-OH is 1. The average molecular weight is 332 g/mol. The highest BCUT2D eigenvalue weighted by molar-refractivity contribution is 5.29. The molecule has 1 heterocycles. The molecule has 0 spiro atoms. The highest BCUT2D eigenvalue weighted by atomic mass is 16.5. The molecule has 1 N–H and O–H groups in total. The van der Waals surface area contributed by atoms with Crippen molar-refractivity contribution in [2.45, 2.75) is 38.2 Å². The van der Waals surface area contributed by atoms with Gasteiger partial charge in [0, 0.05) is 39.3 Å². The van der Waals surface area contributed by atoms with E-state index in [4.69, 9.17) is 4.74 Å². The topological polar surface area (TPSA) is 35.9 Å². The number of hydrogen-bond acceptors (Lipinski definition) is 4. The number of methoxy groups -OCH3 is 1. The molecule has 1 aliphatic carbocycles. The highest BCUT2D eigenvalue weighted by Gasteiger charge is 2.23. The molecule has 1 saturated heterocycles. The third-order valence-corrected chi connectivity index (χ3v) is 5.62. The average Bonchev–Trinajstić information content (AvgIpc) is 2.64. The second-order valence-electron chi connectivity index (χ2n) is 7.40. The molecular formula is C20H32N2O2. The van der Waals surface area contributed by atoms with Crippen molar-refractivity contribution >= 4 is 0 Å². The number of aliphatic hydroxyl groups is 1. The molecule has 3 rings (SSSR count). The van der Waals surface area contributed by atoms with Gasteiger partial charge >= 0.3 is 0 Å². The summed E-state index contributed by atoms with van der Waals surface area (Å²) in [6.45, 7) is 6.40. The van der Waals surface area contributed by atoms with E-state index in [1.807, 2.05) is 24.3 Å². The third-order valence-electron chi connectivity index (χ3n) is 5.62. The van der Waals surface area contributed by atoms with E-state index >= 15 is 0 Å². The van der Waals surface area contributed by atoms with Crippen LogP contribution in [0.2, 0.25) is 0 Å². The van der Waals surface area contributed by atoms with Crippen molar-refractivity contribution in [3.05, 3.63) is 29.8 Å². The monoisotopic (exact) mass is 332 g/mol. The lowest BCUT2D eigenvalue weighted by atomic mass is 9.89. The summed E-state index contributed by atoms with van der Waals surface area (Å²) in [4.78, 5) is 5.02. The Hall–Kier alpha value is -1.10. The number of piperazine rings is 1. The lowest BCUT2D eigenvalue weighted by Crippen LogP contribution is -2.48. The van der Waals surface area contributed by atoms with Crippen molar-refractivity contribution in [2.75, 3.05) is 46.4 Å². The molecule has 4 nitrogen and oxygen atoms in total. The predicted molar refractivity (Wildman–Crippen MR) is 97.4 cm³/mol. The molecule has 0 amide bonds. The van der Waals surface area contributed by atoms with Gasteiger partial charge in [-0.25, -0.2) is 0 Å². The van der Waals surface area contributed by atoms with E-state index in [1.54, 1.807) is 7.11 Å². The lowest BCUT2D eigenvalue weighted by molar-refractivity contribution is 0.0641. The Morgan fingerprint density at radius 2 is 1.79 bits per heavy atom. The van der Waals surface area contributed by atoms with Gasteiger partial charge in [-0.2, -0.15) is 0 Å². The maximum Gasteiger partial charge on any atom is 0.119 e. The fourth-order valence-electron chi connectivity index (χ4n) is 4.09. The van der Waals surface area contributed by atoms with E-state index in [0.717, 1.165) is 43.4 Å². The Labute approximate surface area is 146 Å². The zero-order chi connectivity index (χ0) is 16.8. The standard InChI is InChI=1S/C20H32N2O2/c1-24-19-9-5-8-18(14-19)20(23)16-22-12-10-21(11-13-22)15-17-6-3-2-4-7-17/h5,8-9,14,17,20,23H,2-4,6-7,10-13,15-16H2,1H3. The third kappa shape index (κ3) is 4.95. The summed E-state index contributed by atoms with van der Waals surface area (Å²) in [6, 6.07) is 7.77. The van der Waals surface area contributed by atoms with Crippen LogP contribution in [0.3, 0.4) is 0 Å². The fraction of sp³-hybridized carbons (Fsp3) is 0.700. The first-order valence-electron chi connectivity index (χ1n) is 9.51. The Morgan fingerprint density at radius 3 is 2.50 bits per heavy atom.